The fourth-order valence-corrected chi connectivity index (χ4v) is 4.37. The van der Waals surface area contributed by atoms with Gasteiger partial charge in [-0.25, -0.2) is 0 Å². The minimum absolute atomic E-state index is 0.00283. The van der Waals surface area contributed by atoms with Gasteiger partial charge in [0.1, 0.15) is 11.5 Å². The smallest absolute Gasteiger partial charge is 0.253 e. The zero-order chi connectivity index (χ0) is 21.9. The van der Waals surface area contributed by atoms with Crippen LogP contribution in [0.5, 0.6) is 11.5 Å². The van der Waals surface area contributed by atoms with Crippen molar-refractivity contribution in [2.24, 2.45) is 5.92 Å². The molecular formula is C27H26N2O3. The van der Waals surface area contributed by atoms with Crippen LogP contribution in [0.15, 0.2) is 84.9 Å². The number of para-hydroxylation sites is 1. The minimum atomic E-state index is -0.00283. The van der Waals surface area contributed by atoms with E-state index in [9.17, 15) is 9.59 Å². The lowest BCUT2D eigenvalue weighted by atomic mass is 10.1. The molecule has 1 aliphatic heterocycles. The van der Waals surface area contributed by atoms with E-state index in [1.807, 2.05) is 70.5 Å². The Kier molecular flexibility index (Phi) is 5.63. The van der Waals surface area contributed by atoms with Crippen LogP contribution >= 0.6 is 0 Å². The Bertz CT molecular complexity index is 1070. The average molecular weight is 427 g/mol. The highest BCUT2D eigenvalue weighted by Crippen LogP contribution is 2.48. The first-order chi connectivity index (χ1) is 15.7. The number of ether oxygens (including phenoxy) is 1. The summed E-state index contributed by atoms with van der Waals surface area (Å²) in [5.74, 6) is 2.13. The third-order valence-corrected chi connectivity index (χ3v) is 6.29. The molecule has 2 aliphatic rings. The van der Waals surface area contributed by atoms with Crippen LogP contribution in [0.2, 0.25) is 0 Å². The molecule has 5 rings (SSSR count). The third-order valence-electron chi connectivity index (χ3n) is 6.29. The molecule has 1 heterocycles. The van der Waals surface area contributed by atoms with Crippen LogP contribution in [0, 0.1) is 5.92 Å². The molecule has 0 radical (unpaired) electrons. The summed E-state index contributed by atoms with van der Waals surface area (Å²) in [6.45, 7) is 2.32. The van der Waals surface area contributed by atoms with Gasteiger partial charge in [-0.05, 0) is 54.3 Å². The molecule has 32 heavy (non-hydrogen) atoms. The fraction of sp³-hybridized carbons (Fsp3) is 0.259. The molecule has 2 atom stereocenters. The first-order valence-corrected chi connectivity index (χ1v) is 11.1. The second-order valence-corrected chi connectivity index (χ2v) is 8.42. The van der Waals surface area contributed by atoms with Crippen molar-refractivity contribution in [3.63, 3.8) is 0 Å². The SMILES string of the molecule is O=C(c1ccc(Oc2ccccc2)cc1)N1CCN(C(=O)C2CC2c2ccccc2)CC1. The summed E-state index contributed by atoms with van der Waals surface area (Å²) >= 11 is 0. The maximum Gasteiger partial charge on any atom is 0.253 e. The van der Waals surface area contributed by atoms with Gasteiger partial charge in [0.2, 0.25) is 5.91 Å². The molecule has 1 aliphatic carbocycles. The highest BCUT2D eigenvalue weighted by molar-refractivity contribution is 5.94. The van der Waals surface area contributed by atoms with E-state index in [4.69, 9.17) is 4.74 Å². The summed E-state index contributed by atoms with van der Waals surface area (Å²) in [4.78, 5) is 29.6. The Balaban J connectivity index is 1.13. The van der Waals surface area contributed by atoms with Crippen molar-refractivity contribution >= 4 is 11.8 Å². The molecule has 0 bridgehead atoms. The molecule has 2 amide bonds. The standard InChI is InChI=1S/C27H26N2O3/c30-26(21-11-13-23(14-12-21)32-22-9-5-2-6-10-22)28-15-17-29(18-16-28)27(31)25-19-24(25)20-7-3-1-4-8-20/h1-14,24-25H,15-19H2. The first-order valence-electron chi connectivity index (χ1n) is 11.1. The maximum absolute atomic E-state index is 12.9. The van der Waals surface area contributed by atoms with Crippen molar-refractivity contribution in [2.45, 2.75) is 12.3 Å². The summed E-state index contributed by atoms with van der Waals surface area (Å²) in [5, 5.41) is 0. The van der Waals surface area contributed by atoms with Gasteiger partial charge < -0.3 is 14.5 Å². The van der Waals surface area contributed by atoms with Gasteiger partial charge in [-0.15, -0.1) is 0 Å². The fourth-order valence-electron chi connectivity index (χ4n) is 4.37. The molecular weight excluding hydrogens is 400 g/mol. The van der Waals surface area contributed by atoms with Crippen LogP contribution in [-0.2, 0) is 4.79 Å². The number of hydrogen-bond donors (Lipinski definition) is 0. The van der Waals surface area contributed by atoms with E-state index in [1.54, 1.807) is 12.1 Å². The number of nitrogens with zero attached hydrogens (tertiary/aromatic N) is 2. The van der Waals surface area contributed by atoms with Gasteiger partial charge in [-0.2, -0.15) is 0 Å². The number of rotatable bonds is 5. The van der Waals surface area contributed by atoms with Crippen molar-refractivity contribution in [3.8, 4) is 11.5 Å². The van der Waals surface area contributed by atoms with Gasteiger partial charge in [0.25, 0.3) is 5.91 Å². The Hall–Kier alpha value is -3.60. The predicted octanol–water partition coefficient (Wildman–Crippen LogP) is 4.57. The summed E-state index contributed by atoms with van der Waals surface area (Å²) in [5.41, 5.74) is 1.89. The molecule has 1 saturated heterocycles. The van der Waals surface area contributed by atoms with Gasteiger partial charge in [0.15, 0.2) is 0 Å². The quantitative estimate of drug-likeness (QED) is 0.601. The molecule has 0 spiro atoms. The molecule has 0 aromatic heterocycles. The molecule has 3 aromatic carbocycles. The Labute approximate surface area is 188 Å². The van der Waals surface area contributed by atoms with Crippen LogP contribution in [0.4, 0.5) is 0 Å². The van der Waals surface area contributed by atoms with Crippen molar-refractivity contribution in [2.75, 3.05) is 26.2 Å². The predicted molar refractivity (Wildman–Crippen MR) is 123 cm³/mol. The van der Waals surface area contributed by atoms with E-state index >= 15 is 0 Å². The molecule has 5 nitrogen and oxygen atoms in total. The van der Waals surface area contributed by atoms with E-state index in [2.05, 4.69) is 12.1 Å². The zero-order valence-electron chi connectivity index (χ0n) is 17.9. The monoisotopic (exact) mass is 426 g/mol. The van der Waals surface area contributed by atoms with Crippen LogP contribution in [0.1, 0.15) is 28.3 Å². The molecule has 2 fully saturated rings. The van der Waals surface area contributed by atoms with Crippen molar-refractivity contribution in [1.29, 1.82) is 0 Å². The molecule has 1 saturated carbocycles. The summed E-state index contributed by atoms with van der Waals surface area (Å²) in [6, 6.07) is 27.1. The van der Waals surface area contributed by atoms with Gasteiger partial charge in [0.05, 0.1) is 0 Å². The molecule has 2 unspecified atom stereocenters. The number of hydrogen-bond acceptors (Lipinski definition) is 3. The van der Waals surface area contributed by atoms with Gasteiger partial charge in [0, 0.05) is 37.7 Å². The van der Waals surface area contributed by atoms with E-state index in [0.29, 0.717) is 43.4 Å². The highest BCUT2D eigenvalue weighted by Gasteiger charge is 2.46. The van der Waals surface area contributed by atoms with E-state index in [0.717, 1.165) is 12.2 Å². The maximum atomic E-state index is 12.9. The lowest BCUT2D eigenvalue weighted by molar-refractivity contribution is -0.134. The highest BCUT2D eigenvalue weighted by atomic mass is 16.5. The molecule has 0 N–H and O–H groups in total. The lowest BCUT2D eigenvalue weighted by Gasteiger charge is -2.35. The van der Waals surface area contributed by atoms with Crippen molar-refractivity contribution in [1.82, 2.24) is 9.80 Å². The first kappa shape index (κ1) is 20.3. The van der Waals surface area contributed by atoms with Crippen LogP contribution in [-0.4, -0.2) is 47.8 Å². The second kappa shape index (κ2) is 8.87. The topological polar surface area (TPSA) is 49.9 Å². The summed E-state index contributed by atoms with van der Waals surface area (Å²) in [7, 11) is 0. The largest absolute Gasteiger partial charge is 0.457 e. The van der Waals surface area contributed by atoms with E-state index in [1.165, 1.54) is 5.56 Å². The normalized spacial score (nSPS) is 20.0. The summed E-state index contributed by atoms with van der Waals surface area (Å²) in [6.07, 6.45) is 0.930. The Morgan fingerprint density at radius 1 is 0.688 bits per heavy atom. The number of benzene rings is 3. The summed E-state index contributed by atoms with van der Waals surface area (Å²) < 4.78 is 5.80. The minimum Gasteiger partial charge on any atom is -0.457 e. The van der Waals surface area contributed by atoms with E-state index < -0.39 is 0 Å². The Morgan fingerprint density at radius 2 is 1.25 bits per heavy atom. The number of amides is 2. The number of carbonyl (C=O) groups excluding carboxylic acids is 2. The second-order valence-electron chi connectivity index (χ2n) is 8.42. The zero-order valence-corrected chi connectivity index (χ0v) is 17.9. The number of piperazine rings is 1. The van der Waals surface area contributed by atoms with Crippen LogP contribution in [0.3, 0.4) is 0 Å². The van der Waals surface area contributed by atoms with Crippen LogP contribution in [0.25, 0.3) is 0 Å². The molecule has 162 valence electrons. The average Bonchev–Trinajstić information content (AvgIpc) is 3.66. The van der Waals surface area contributed by atoms with Crippen LogP contribution < -0.4 is 4.74 Å². The lowest BCUT2D eigenvalue weighted by Crippen LogP contribution is -2.51. The van der Waals surface area contributed by atoms with Gasteiger partial charge in [-0.3, -0.25) is 9.59 Å². The number of carbonyl (C=O) groups is 2. The van der Waals surface area contributed by atoms with E-state index in [-0.39, 0.29) is 17.7 Å². The molecule has 3 aromatic rings. The Morgan fingerprint density at radius 3 is 1.91 bits per heavy atom. The van der Waals surface area contributed by atoms with Gasteiger partial charge in [-0.1, -0.05) is 48.5 Å². The van der Waals surface area contributed by atoms with Crippen molar-refractivity contribution < 1.29 is 14.3 Å². The van der Waals surface area contributed by atoms with Crippen molar-refractivity contribution in [3.05, 3.63) is 96.1 Å². The van der Waals surface area contributed by atoms with Gasteiger partial charge >= 0.3 is 0 Å². The molecule has 5 heteroatoms. The third kappa shape index (κ3) is 4.37.